The first-order valence-electron chi connectivity index (χ1n) is 9.64. The second-order valence-corrected chi connectivity index (χ2v) is 7.87. The molecule has 31 heavy (non-hydrogen) atoms. The Balaban J connectivity index is 1.74. The van der Waals surface area contributed by atoms with Gasteiger partial charge in [-0.2, -0.15) is 0 Å². The summed E-state index contributed by atoms with van der Waals surface area (Å²) in [6, 6.07) is 21.5. The van der Waals surface area contributed by atoms with Crippen molar-refractivity contribution in [1.82, 2.24) is 14.8 Å². The summed E-state index contributed by atoms with van der Waals surface area (Å²) in [5.74, 6) is 0.454. The molecule has 0 fully saturated rings. The summed E-state index contributed by atoms with van der Waals surface area (Å²) in [4.78, 5) is 12.1. The number of aromatic nitrogens is 3. The Morgan fingerprint density at radius 1 is 1.03 bits per heavy atom. The lowest BCUT2D eigenvalue weighted by Crippen LogP contribution is -2.05. The zero-order chi connectivity index (χ0) is 21.8. The number of hydrogen-bond acceptors (Lipinski definition) is 5. The maximum Gasteiger partial charge on any atom is 0.338 e. The minimum atomic E-state index is -0.372. The van der Waals surface area contributed by atoms with Gasteiger partial charge in [0.1, 0.15) is 5.82 Å². The number of carbonyl (C=O) groups excluding carboxylic acids is 1. The third-order valence-electron chi connectivity index (χ3n) is 4.78. The van der Waals surface area contributed by atoms with Crippen LogP contribution in [0, 0.1) is 12.7 Å². The molecule has 0 saturated heterocycles. The molecular weight excluding hydrogens is 413 g/mol. The van der Waals surface area contributed by atoms with Crippen LogP contribution in [0.4, 0.5) is 4.39 Å². The fourth-order valence-corrected chi connectivity index (χ4v) is 4.20. The van der Waals surface area contributed by atoms with E-state index < -0.39 is 0 Å². The van der Waals surface area contributed by atoms with Crippen molar-refractivity contribution in [3.63, 3.8) is 0 Å². The molecular formula is C24H20FN3O2S. The Morgan fingerprint density at radius 2 is 1.81 bits per heavy atom. The van der Waals surface area contributed by atoms with Crippen LogP contribution in [0.25, 0.3) is 17.1 Å². The summed E-state index contributed by atoms with van der Waals surface area (Å²) in [7, 11) is 1.37. The van der Waals surface area contributed by atoms with Gasteiger partial charge in [0.2, 0.25) is 0 Å². The number of halogens is 1. The van der Waals surface area contributed by atoms with E-state index in [4.69, 9.17) is 4.74 Å². The Morgan fingerprint density at radius 3 is 2.55 bits per heavy atom. The lowest BCUT2D eigenvalue weighted by molar-refractivity contribution is 0.0600. The van der Waals surface area contributed by atoms with Crippen molar-refractivity contribution < 1.29 is 13.9 Å². The second-order valence-electron chi connectivity index (χ2n) is 6.92. The highest BCUT2D eigenvalue weighted by molar-refractivity contribution is 7.98. The van der Waals surface area contributed by atoms with Gasteiger partial charge in [-0.3, -0.25) is 4.57 Å². The van der Waals surface area contributed by atoms with Gasteiger partial charge < -0.3 is 4.74 Å². The van der Waals surface area contributed by atoms with E-state index in [1.54, 1.807) is 18.2 Å². The Hall–Kier alpha value is -3.45. The smallest absolute Gasteiger partial charge is 0.338 e. The van der Waals surface area contributed by atoms with Crippen LogP contribution in [0.1, 0.15) is 21.5 Å². The molecule has 0 radical (unpaired) electrons. The van der Waals surface area contributed by atoms with E-state index in [1.807, 2.05) is 54.0 Å². The topological polar surface area (TPSA) is 57.0 Å². The van der Waals surface area contributed by atoms with Gasteiger partial charge in [-0.15, -0.1) is 10.2 Å². The fourth-order valence-electron chi connectivity index (χ4n) is 3.25. The number of esters is 1. The van der Waals surface area contributed by atoms with Crippen LogP contribution in [-0.2, 0) is 10.5 Å². The van der Waals surface area contributed by atoms with Crippen molar-refractivity contribution in [2.45, 2.75) is 17.8 Å². The Kier molecular flexibility index (Phi) is 6.13. The summed E-state index contributed by atoms with van der Waals surface area (Å²) in [5, 5.41) is 9.45. The Bertz CT molecular complexity index is 1220. The molecule has 0 aliphatic heterocycles. The number of ether oxygens (including phenoxy) is 1. The first-order chi connectivity index (χ1) is 15.1. The first-order valence-corrected chi connectivity index (χ1v) is 10.6. The van der Waals surface area contributed by atoms with E-state index >= 15 is 0 Å². The molecule has 0 aliphatic carbocycles. The van der Waals surface area contributed by atoms with E-state index in [0.29, 0.717) is 22.3 Å². The average molecular weight is 434 g/mol. The fraction of sp³-hybridized carbons (Fsp3) is 0.125. The van der Waals surface area contributed by atoms with Gasteiger partial charge in [0, 0.05) is 17.0 Å². The molecule has 3 aromatic carbocycles. The standard InChI is InChI=1S/C24H20FN3O2S/c1-16-6-5-8-20(14-16)28-22(17-10-12-19(25)13-11-17)26-27-24(28)31-15-18-7-3-4-9-21(18)23(29)30-2/h3-14H,15H2,1-2H3. The quantitative estimate of drug-likeness (QED) is 0.298. The van der Waals surface area contributed by atoms with E-state index in [2.05, 4.69) is 10.2 Å². The van der Waals surface area contributed by atoms with Crippen LogP contribution < -0.4 is 0 Å². The summed E-state index contributed by atoms with van der Waals surface area (Å²) in [5.41, 5.74) is 4.15. The van der Waals surface area contributed by atoms with Gasteiger partial charge >= 0.3 is 5.97 Å². The highest BCUT2D eigenvalue weighted by Crippen LogP contribution is 2.31. The molecule has 156 valence electrons. The lowest BCUT2D eigenvalue weighted by atomic mass is 10.1. The third kappa shape index (κ3) is 4.51. The number of carbonyl (C=O) groups is 1. The molecule has 0 saturated carbocycles. The van der Waals surface area contributed by atoms with Gasteiger partial charge in [0.15, 0.2) is 11.0 Å². The molecule has 0 unspecified atom stereocenters. The monoisotopic (exact) mass is 433 g/mol. The SMILES string of the molecule is COC(=O)c1ccccc1CSc1nnc(-c2ccc(F)cc2)n1-c1cccc(C)c1. The summed E-state index contributed by atoms with van der Waals surface area (Å²) >= 11 is 1.47. The van der Waals surface area contributed by atoms with Crippen LogP contribution in [-0.4, -0.2) is 27.8 Å². The van der Waals surface area contributed by atoms with E-state index in [1.165, 1.54) is 31.0 Å². The number of hydrogen-bond donors (Lipinski definition) is 0. The molecule has 0 spiro atoms. The number of rotatable bonds is 6. The van der Waals surface area contributed by atoms with E-state index in [0.717, 1.165) is 22.4 Å². The molecule has 1 aromatic heterocycles. The maximum absolute atomic E-state index is 13.4. The molecule has 1 heterocycles. The van der Waals surface area contributed by atoms with Gasteiger partial charge in [0.05, 0.1) is 12.7 Å². The lowest BCUT2D eigenvalue weighted by Gasteiger charge is -2.12. The number of benzene rings is 3. The highest BCUT2D eigenvalue weighted by Gasteiger charge is 2.18. The molecule has 0 amide bonds. The minimum Gasteiger partial charge on any atom is -0.465 e. The molecule has 0 N–H and O–H groups in total. The summed E-state index contributed by atoms with van der Waals surface area (Å²) < 4.78 is 20.3. The molecule has 5 nitrogen and oxygen atoms in total. The van der Waals surface area contributed by atoms with Crippen LogP contribution in [0.5, 0.6) is 0 Å². The first kappa shape index (κ1) is 20.8. The normalized spacial score (nSPS) is 10.8. The number of aryl methyl sites for hydroxylation is 1. The molecule has 4 aromatic rings. The minimum absolute atomic E-state index is 0.306. The maximum atomic E-state index is 13.4. The highest BCUT2D eigenvalue weighted by atomic mass is 32.2. The zero-order valence-electron chi connectivity index (χ0n) is 17.1. The number of methoxy groups -OCH3 is 1. The number of nitrogens with zero attached hydrogens (tertiary/aromatic N) is 3. The summed E-state index contributed by atoms with van der Waals surface area (Å²) in [6.45, 7) is 2.02. The molecule has 4 rings (SSSR count). The molecule has 0 aliphatic rings. The third-order valence-corrected chi connectivity index (χ3v) is 5.75. The van der Waals surface area contributed by atoms with Crippen molar-refractivity contribution in [3.05, 3.63) is 95.3 Å². The van der Waals surface area contributed by atoms with Crippen LogP contribution in [0.15, 0.2) is 78.0 Å². The van der Waals surface area contributed by atoms with Crippen molar-refractivity contribution in [2.24, 2.45) is 0 Å². The second kappa shape index (κ2) is 9.14. The van der Waals surface area contributed by atoms with Crippen molar-refractivity contribution >= 4 is 17.7 Å². The average Bonchev–Trinajstić information content (AvgIpc) is 3.22. The van der Waals surface area contributed by atoms with Gasteiger partial charge in [-0.25, -0.2) is 9.18 Å². The Labute approximate surface area is 183 Å². The van der Waals surface area contributed by atoms with Crippen molar-refractivity contribution in [1.29, 1.82) is 0 Å². The van der Waals surface area contributed by atoms with Gasteiger partial charge in [-0.05, 0) is 60.5 Å². The molecule has 0 bridgehead atoms. The van der Waals surface area contributed by atoms with E-state index in [9.17, 15) is 9.18 Å². The largest absolute Gasteiger partial charge is 0.465 e. The van der Waals surface area contributed by atoms with Crippen LogP contribution >= 0.6 is 11.8 Å². The van der Waals surface area contributed by atoms with Crippen LogP contribution in [0.3, 0.4) is 0 Å². The molecule has 7 heteroatoms. The predicted molar refractivity (Wildman–Crippen MR) is 119 cm³/mol. The van der Waals surface area contributed by atoms with Crippen LogP contribution in [0.2, 0.25) is 0 Å². The van der Waals surface area contributed by atoms with Gasteiger partial charge in [0.25, 0.3) is 0 Å². The van der Waals surface area contributed by atoms with Crippen molar-refractivity contribution in [2.75, 3.05) is 7.11 Å². The van der Waals surface area contributed by atoms with Crippen molar-refractivity contribution in [3.8, 4) is 17.1 Å². The predicted octanol–water partition coefficient (Wildman–Crippen LogP) is 5.46. The number of thioether (sulfide) groups is 1. The van der Waals surface area contributed by atoms with Gasteiger partial charge in [-0.1, -0.05) is 42.1 Å². The van der Waals surface area contributed by atoms with E-state index in [-0.39, 0.29) is 11.8 Å². The zero-order valence-corrected chi connectivity index (χ0v) is 17.9. The summed E-state index contributed by atoms with van der Waals surface area (Å²) in [6.07, 6.45) is 0. The molecule has 0 atom stereocenters.